The van der Waals surface area contributed by atoms with E-state index in [0.29, 0.717) is 4.90 Å². The SMILES string of the molecule is CC(C)=CCCC(C)=CCCC(C)=CCS(=O)(=O)c1ccccc1. The van der Waals surface area contributed by atoms with Crippen molar-refractivity contribution in [2.24, 2.45) is 0 Å². The van der Waals surface area contributed by atoms with Crippen molar-refractivity contribution >= 4 is 9.84 Å². The molecule has 1 aromatic rings. The van der Waals surface area contributed by atoms with Crippen LogP contribution in [0.3, 0.4) is 0 Å². The summed E-state index contributed by atoms with van der Waals surface area (Å²) in [5, 5.41) is 0. The van der Waals surface area contributed by atoms with E-state index in [0.717, 1.165) is 31.3 Å². The van der Waals surface area contributed by atoms with Gasteiger partial charge in [-0.15, -0.1) is 0 Å². The van der Waals surface area contributed by atoms with E-state index >= 15 is 0 Å². The Morgan fingerprint density at radius 1 is 0.833 bits per heavy atom. The van der Waals surface area contributed by atoms with E-state index in [1.165, 1.54) is 11.1 Å². The van der Waals surface area contributed by atoms with E-state index in [4.69, 9.17) is 0 Å². The van der Waals surface area contributed by atoms with Crippen molar-refractivity contribution in [1.82, 2.24) is 0 Å². The lowest BCUT2D eigenvalue weighted by molar-refractivity contribution is 0.599. The Hall–Kier alpha value is -1.61. The first-order chi connectivity index (χ1) is 11.3. The average Bonchev–Trinajstić information content (AvgIpc) is 2.53. The van der Waals surface area contributed by atoms with Gasteiger partial charge in [0.15, 0.2) is 9.84 Å². The highest BCUT2D eigenvalue weighted by atomic mass is 32.2. The summed E-state index contributed by atoms with van der Waals surface area (Å²) in [7, 11) is -3.22. The molecule has 1 rings (SSSR count). The van der Waals surface area contributed by atoms with E-state index in [1.54, 1.807) is 24.3 Å². The molecule has 0 aliphatic rings. The van der Waals surface area contributed by atoms with Crippen molar-refractivity contribution in [2.45, 2.75) is 58.3 Å². The zero-order valence-electron chi connectivity index (χ0n) is 15.4. The molecule has 0 aliphatic carbocycles. The van der Waals surface area contributed by atoms with Crippen LogP contribution in [0.25, 0.3) is 0 Å². The first-order valence-electron chi connectivity index (χ1n) is 8.53. The molecule has 0 atom stereocenters. The van der Waals surface area contributed by atoms with Crippen LogP contribution in [0.1, 0.15) is 53.4 Å². The van der Waals surface area contributed by atoms with Gasteiger partial charge < -0.3 is 0 Å². The third kappa shape index (κ3) is 8.30. The number of hydrogen-bond acceptors (Lipinski definition) is 2. The summed E-state index contributed by atoms with van der Waals surface area (Å²) in [5.74, 6) is 0.0755. The fourth-order valence-corrected chi connectivity index (χ4v) is 3.58. The fourth-order valence-electron chi connectivity index (χ4n) is 2.31. The summed E-state index contributed by atoms with van der Waals surface area (Å²) < 4.78 is 24.5. The maximum atomic E-state index is 12.2. The van der Waals surface area contributed by atoms with Crippen LogP contribution in [0.15, 0.2) is 70.2 Å². The van der Waals surface area contributed by atoms with Crippen molar-refractivity contribution in [3.8, 4) is 0 Å². The van der Waals surface area contributed by atoms with Crippen LogP contribution in [0, 0.1) is 0 Å². The average molecular weight is 347 g/mol. The van der Waals surface area contributed by atoms with Crippen molar-refractivity contribution in [2.75, 3.05) is 5.75 Å². The molecule has 1 aromatic carbocycles. The predicted octanol–water partition coefficient (Wildman–Crippen LogP) is 5.88. The quantitative estimate of drug-likeness (QED) is 0.523. The zero-order valence-corrected chi connectivity index (χ0v) is 16.2. The minimum atomic E-state index is -3.22. The van der Waals surface area contributed by atoms with Crippen LogP contribution in [0.4, 0.5) is 0 Å². The first kappa shape index (κ1) is 20.4. The van der Waals surface area contributed by atoms with Crippen LogP contribution in [-0.2, 0) is 9.84 Å². The van der Waals surface area contributed by atoms with Gasteiger partial charge in [0, 0.05) is 0 Å². The molecule has 0 radical (unpaired) electrons. The van der Waals surface area contributed by atoms with E-state index < -0.39 is 9.84 Å². The number of allylic oxidation sites excluding steroid dienone is 5. The molecule has 0 saturated heterocycles. The maximum absolute atomic E-state index is 12.2. The smallest absolute Gasteiger partial charge is 0.181 e. The molecule has 0 spiro atoms. The fraction of sp³-hybridized carbons (Fsp3) is 0.429. The Morgan fingerprint density at radius 2 is 1.38 bits per heavy atom. The topological polar surface area (TPSA) is 34.1 Å². The highest BCUT2D eigenvalue weighted by Crippen LogP contribution is 2.14. The summed E-state index contributed by atoms with van der Waals surface area (Å²) in [5.41, 5.74) is 3.89. The molecule has 0 saturated carbocycles. The van der Waals surface area contributed by atoms with Crippen LogP contribution in [-0.4, -0.2) is 14.2 Å². The Morgan fingerprint density at radius 3 is 1.96 bits per heavy atom. The maximum Gasteiger partial charge on any atom is 0.181 e. The molecule has 0 amide bonds. The molecular weight excluding hydrogens is 316 g/mol. The summed E-state index contributed by atoms with van der Waals surface area (Å²) in [6, 6.07) is 8.64. The molecule has 24 heavy (non-hydrogen) atoms. The van der Waals surface area contributed by atoms with Crippen LogP contribution in [0.5, 0.6) is 0 Å². The molecule has 132 valence electrons. The van der Waals surface area contributed by atoms with Crippen molar-refractivity contribution < 1.29 is 8.42 Å². The van der Waals surface area contributed by atoms with Gasteiger partial charge in [-0.05, 0) is 65.5 Å². The predicted molar refractivity (Wildman–Crippen MR) is 104 cm³/mol. The minimum absolute atomic E-state index is 0.0755. The van der Waals surface area contributed by atoms with Crippen LogP contribution < -0.4 is 0 Å². The van der Waals surface area contributed by atoms with E-state index in [1.807, 2.05) is 19.1 Å². The van der Waals surface area contributed by atoms with Crippen LogP contribution >= 0.6 is 0 Å². The molecule has 0 aliphatic heterocycles. The van der Waals surface area contributed by atoms with Gasteiger partial charge in [0.1, 0.15) is 0 Å². The molecule has 3 heteroatoms. The standard InChI is InChI=1S/C21H30O2S/c1-18(2)10-8-11-19(3)12-9-13-20(4)16-17-24(22,23)21-14-6-5-7-15-21/h5-7,10,12,14-16H,8-9,11,13,17H2,1-4H3. The highest BCUT2D eigenvalue weighted by Gasteiger charge is 2.11. The van der Waals surface area contributed by atoms with E-state index in [9.17, 15) is 8.42 Å². The van der Waals surface area contributed by atoms with E-state index in [-0.39, 0.29) is 5.75 Å². The normalized spacial score (nSPS) is 13.0. The molecule has 0 unspecified atom stereocenters. The monoisotopic (exact) mass is 346 g/mol. The van der Waals surface area contributed by atoms with Gasteiger partial charge >= 0.3 is 0 Å². The summed E-state index contributed by atoms with van der Waals surface area (Å²) >= 11 is 0. The van der Waals surface area contributed by atoms with Gasteiger partial charge in [-0.1, -0.05) is 53.1 Å². The summed E-state index contributed by atoms with van der Waals surface area (Å²) in [6.07, 6.45) is 10.4. The molecule has 0 heterocycles. The molecule has 0 fully saturated rings. The lowest BCUT2D eigenvalue weighted by Crippen LogP contribution is -2.04. The van der Waals surface area contributed by atoms with Gasteiger partial charge in [-0.2, -0.15) is 0 Å². The van der Waals surface area contributed by atoms with Gasteiger partial charge in [0.05, 0.1) is 10.6 Å². The van der Waals surface area contributed by atoms with Gasteiger partial charge in [0.2, 0.25) is 0 Å². The Balaban J connectivity index is 2.46. The lowest BCUT2D eigenvalue weighted by atomic mass is 10.1. The van der Waals surface area contributed by atoms with Gasteiger partial charge in [-0.3, -0.25) is 0 Å². The summed E-state index contributed by atoms with van der Waals surface area (Å²) in [4.78, 5) is 0.393. The Kier molecular flexibility index (Phi) is 8.77. The Bertz CT molecular complexity index is 689. The highest BCUT2D eigenvalue weighted by molar-refractivity contribution is 7.91. The zero-order chi connectivity index (χ0) is 18.0. The second-order valence-electron chi connectivity index (χ2n) is 6.55. The first-order valence-corrected chi connectivity index (χ1v) is 10.2. The largest absolute Gasteiger partial charge is 0.223 e. The lowest BCUT2D eigenvalue weighted by Gasteiger charge is -2.03. The minimum Gasteiger partial charge on any atom is -0.223 e. The second-order valence-corrected chi connectivity index (χ2v) is 8.59. The van der Waals surface area contributed by atoms with Gasteiger partial charge in [-0.25, -0.2) is 8.42 Å². The van der Waals surface area contributed by atoms with E-state index in [2.05, 4.69) is 32.9 Å². The Labute approximate surface area is 147 Å². The molecular formula is C21H30O2S. The second kappa shape index (κ2) is 10.3. The molecule has 0 N–H and O–H groups in total. The van der Waals surface area contributed by atoms with Crippen molar-refractivity contribution in [3.63, 3.8) is 0 Å². The number of rotatable bonds is 9. The van der Waals surface area contributed by atoms with Crippen molar-refractivity contribution in [1.29, 1.82) is 0 Å². The third-order valence-electron chi connectivity index (χ3n) is 3.88. The number of sulfone groups is 1. The molecule has 0 aromatic heterocycles. The van der Waals surface area contributed by atoms with Crippen LogP contribution in [0.2, 0.25) is 0 Å². The number of benzene rings is 1. The summed E-state index contributed by atoms with van der Waals surface area (Å²) in [6.45, 7) is 8.41. The molecule has 0 bridgehead atoms. The molecule has 2 nitrogen and oxygen atoms in total. The third-order valence-corrected chi connectivity index (χ3v) is 5.47. The van der Waals surface area contributed by atoms with Gasteiger partial charge in [0.25, 0.3) is 0 Å². The van der Waals surface area contributed by atoms with Crippen molar-refractivity contribution in [3.05, 3.63) is 65.3 Å². The number of hydrogen-bond donors (Lipinski definition) is 0.